The molecule has 1 aliphatic rings. The van der Waals surface area contributed by atoms with Gasteiger partial charge in [0, 0.05) is 18.7 Å². The molecule has 3 aromatic carbocycles. The van der Waals surface area contributed by atoms with Gasteiger partial charge >= 0.3 is 0 Å². The highest BCUT2D eigenvalue weighted by atomic mass is 16.2. The van der Waals surface area contributed by atoms with Crippen LogP contribution in [-0.4, -0.2) is 36.2 Å². The second kappa shape index (κ2) is 8.83. The van der Waals surface area contributed by atoms with Crippen LogP contribution in [0.15, 0.2) is 54.6 Å². The Morgan fingerprint density at radius 3 is 2.16 bits per heavy atom. The van der Waals surface area contributed by atoms with Crippen LogP contribution in [-0.2, 0) is 9.59 Å². The number of hydrogen-bond acceptors (Lipinski definition) is 3. The number of rotatable bonds is 6. The van der Waals surface area contributed by atoms with Crippen molar-refractivity contribution < 1.29 is 14.4 Å². The van der Waals surface area contributed by atoms with E-state index in [2.05, 4.69) is 10.6 Å². The Bertz CT molecular complexity index is 1190. The average molecular weight is 430 g/mol. The second-order valence-corrected chi connectivity index (χ2v) is 8.48. The van der Waals surface area contributed by atoms with Crippen LogP contribution in [0.3, 0.4) is 0 Å². The van der Waals surface area contributed by atoms with Gasteiger partial charge in [-0.3, -0.25) is 14.4 Å². The zero-order valence-electron chi connectivity index (χ0n) is 18.6. The Morgan fingerprint density at radius 2 is 1.53 bits per heavy atom. The maximum atomic E-state index is 13.3. The first-order valence-corrected chi connectivity index (χ1v) is 10.8. The average Bonchev–Trinajstić information content (AvgIpc) is 3.61. The Kier molecular flexibility index (Phi) is 5.95. The number of para-hydroxylation sites is 1. The quantitative estimate of drug-likeness (QED) is 0.605. The summed E-state index contributed by atoms with van der Waals surface area (Å²) in [5.41, 5.74) is 3.55. The molecule has 1 aliphatic carbocycles. The van der Waals surface area contributed by atoms with Crippen molar-refractivity contribution in [3.63, 3.8) is 0 Å². The fraction of sp³-hybridized carbons (Fsp3) is 0.269. The number of hydrogen-bond donors (Lipinski definition) is 2. The van der Waals surface area contributed by atoms with E-state index in [4.69, 9.17) is 0 Å². The van der Waals surface area contributed by atoms with Crippen molar-refractivity contribution in [1.82, 2.24) is 4.90 Å². The molecule has 0 unspecified atom stereocenters. The van der Waals surface area contributed by atoms with Gasteiger partial charge in [-0.1, -0.05) is 42.5 Å². The van der Waals surface area contributed by atoms with Gasteiger partial charge in [0.05, 0.1) is 17.8 Å². The number of benzene rings is 3. The van der Waals surface area contributed by atoms with Crippen molar-refractivity contribution in [1.29, 1.82) is 0 Å². The lowest BCUT2D eigenvalue weighted by Gasteiger charge is -2.20. The summed E-state index contributed by atoms with van der Waals surface area (Å²) in [6.07, 6.45) is 1.75. The third kappa shape index (κ3) is 4.64. The maximum absolute atomic E-state index is 13.3. The van der Waals surface area contributed by atoms with Crippen LogP contribution in [0, 0.1) is 19.8 Å². The van der Waals surface area contributed by atoms with Gasteiger partial charge in [-0.25, -0.2) is 0 Å². The predicted octanol–water partition coefficient (Wildman–Crippen LogP) is 4.52. The topological polar surface area (TPSA) is 78.5 Å². The molecule has 3 aromatic rings. The summed E-state index contributed by atoms with van der Waals surface area (Å²) in [5.74, 6) is -0.642. The van der Waals surface area contributed by atoms with Crippen LogP contribution in [0.1, 0.15) is 34.3 Å². The molecule has 3 amide bonds. The number of fused-ring (bicyclic) bond motifs is 1. The first-order chi connectivity index (χ1) is 15.3. The Morgan fingerprint density at radius 1 is 0.906 bits per heavy atom. The lowest BCUT2D eigenvalue weighted by Crippen LogP contribution is -2.35. The molecule has 164 valence electrons. The first kappa shape index (κ1) is 21.6. The molecule has 6 nitrogen and oxygen atoms in total. The summed E-state index contributed by atoms with van der Waals surface area (Å²) in [7, 11) is 1.59. The van der Waals surface area contributed by atoms with Gasteiger partial charge in [-0.05, 0) is 60.7 Å². The van der Waals surface area contributed by atoms with Gasteiger partial charge in [0.15, 0.2) is 0 Å². The van der Waals surface area contributed by atoms with Gasteiger partial charge < -0.3 is 15.5 Å². The molecule has 0 saturated heterocycles. The van der Waals surface area contributed by atoms with E-state index >= 15 is 0 Å². The standard InChI is InChI=1S/C26H27N3O3/c1-16-7-6-8-17(2)24(16)28-23(30)15-29(3)26(32)21-13-19-9-4-5-10-20(19)14-22(21)27-25(31)18-11-12-18/h4-10,13-14,18H,11-12,15H2,1-3H3,(H,27,31)(H,28,30). The SMILES string of the molecule is Cc1cccc(C)c1NC(=O)CN(C)C(=O)c1cc2ccccc2cc1NC(=O)C1CC1. The summed E-state index contributed by atoms with van der Waals surface area (Å²) in [4.78, 5) is 39.7. The Balaban J connectivity index is 1.56. The molecule has 0 heterocycles. The molecule has 0 aliphatic heterocycles. The lowest BCUT2D eigenvalue weighted by molar-refractivity contribution is -0.117. The predicted molar refractivity (Wildman–Crippen MR) is 127 cm³/mol. The highest BCUT2D eigenvalue weighted by molar-refractivity contribution is 6.09. The van der Waals surface area contributed by atoms with Crippen LogP contribution in [0.5, 0.6) is 0 Å². The molecular formula is C26H27N3O3. The zero-order valence-corrected chi connectivity index (χ0v) is 18.6. The number of likely N-dealkylation sites (N-methyl/N-ethyl adjacent to an activating group) is 1. The maximum Gasteiger partial charge on any atom is 0.256 e. The van der Waals surface area contributed by atoms with Crippen LogP contribution in [0.2, 0.25) is 0 Å². The number of anilines is 2. The van der Waals surface area contributed by atoms with E-state index in [0.717, 1.165) is 40.4 Å². The molecule has 32 heavy (non-hydrogen) atoms. The molecule has 0 atom stereocenters. The largest absolute Gasteiger partial charge is 0.332 e. The number of nitrogens with one attached hydrogen (secondary N) is 2. The van der Waals surface area contributed by atoms with Crippen molar-refractivity contribution in [2.24, 2.45) is 5.92 Å². The zero-order chi connectivity index (χ0) is 22.8. The second-order valence-electron chi connectivity index (χ2n) is 8.48. The van der Waals surface area contributed by atoms with Crippen molar-refractivity contribution in [3.05, 3.63) is 71.3 Å². The van der Waals surface area contributed by atoms with Crippen LogP contribution in [0.25, 0.3) is 10.8 Å². The summed E-state index contributed by atoms with van der Waals surface area (Å²) in [6.45, 7) is 3.76. The molecular weight excluding hydrogens is 402 g/mol. The molecule has 2 N–H and O–H groups in total. The number of amides is 3. The monoisotopic (exact) mass is 429 g/mol. The van der Waals surface area contributed by atoms with Crippen LogP contribution >= 0.6 is 0 Å². The van der Waals surface area contributed by atoms with Crippen molar-refractivity contribution in [2.75, 3.05) is 24.2 Å². The smallest absolute Gasteiger partial charge is 0.256 e. The van der Waals surface area contributed by atoms with Gasteiger partial charge in [0.1, 0.15) is 0 Å². The van der Waals surface area contributed by atoms with Crippen LogP contribution in [0.4, 0.5) is 11.4 Å². The van der Waals surface area contributed by atoms with Crippen LogP contribution < -0.4 is 10.6 Å². The van der Waals surface area contributed by atoms with E-state index in [-0.39, 0.29) is 30.2 Å². The molecule has 1 fully saturated rings. The lowest BCUT2D eigenvalue weighted by atomic mass is 10.0. The van der Waals surface area contributed by atoms with Gasteiger partial charge in [0.2, 0.25) is 11.8 Å². The van der Waals surface area contributed by atoms with E-state index in [1.165, 1.54) is 4.90 Å². The van der Waals surface area contributed by atoms with Crippen molar-refractivity contribution >= 4 is 39.9 Å². The normalized spacial score (nSPS) is 13.0. The van der Waals surface area contributed by atoms with E-state index < -0.39 is 0 Å². The fourth-order valence-electron chi connectivity index (χ4n) is 3.78. The number of carbonyl (C=O) groups excluding carboxylic acids is 3. The van der Waals surface area contributed by atoms with E-state index in [9.17, 15) is 14.4 Å². The Hall–Kier alpha value is -3.67. The minimum absolute atomic E-state index is 0.0188. The van der Waals surface area contributed by atoms with Gasteiger partial charge in [-0.2, -0.15) is 0 Å². The van der Waals surface area contributed by atoms with E-state index in [1.54, 1.807) is 13.1 Å². The molecule has 0 spiro atoms. The minimum Gasteiger partial charge on any atom is -0.332 e. The minimum atomic E-state index is -0.321. The first-order valence-electron chi connectivity index (χ1n) is 10.8. The Labute approximate surface area is 187 Å². The van der Waals surface area contributed by atoms with E-state index in [0.29, 0.717) is 11.3 Å². The number of nitrogens with zero attached hydrogens (tertiary/aromatic N) is 1. The molecule has 0 aromatic heterocycles. The molecule has 0 bridgehead atoms. The third-order valence-electron chi connectivity index (χ3n) is 5.80. The number of carbonyl (C=O) groups is 3. The summed E-state index contributed by atoms with van der Waals surface area (Å²) in [6, 6.07) is 17.1. The molecule has 1 saturated carbocycles. The fourth-order valence-corrected chi connectivity index (χ4v) is 3.78. The molecule has 4 rings (SSSR count). The summed E-state index contributed by atoms with van der Waals surface area (Å²) >= 11 is 0. The molecule has 6 heteroatoms. The summed E-state index contributed by atoms with van der Waals surface area (Å²) in [5, 5.41) is 7.67. The third-order valence-corrected chi connectivity index (χ3v) is 5.80. The van der Waals surface area contributed by atoms with Gasteiger partial charge in [0.25, 0.3) is 5.91 Å². The molecule has 0 radical (unpaired) electrons. The van der Waals surface area contributed by atoms with Gasteiger partial charge in [-0.15, -0.1) is 0 Å². The van der Waals surface area contributed by atoms with Crippen molar-refractivity contribution in [3.8, 4) is 0 Å². The summed E-state index contributed by atoms with van der Waals surface area (Å²) < 4.78 is 0. The van der Waals surface area contributed by atoms with Crippen molar-refractivity contribution in [2.45, 2.75) is 26.7 Å². The highest BCUT2D eigenvalue weighted by Gasteiger charge is 2.30. The number of aryl methyl sites for hydroxylation is 2. The highest BCUT2D eigenvalue weighted by Crippen LogP contribution is 2.32. The van der Waals surface area contributed by atoms with E-state index in [1.807, 2.05) is 62.4 Å².